The summed E-state index contributed by atoms with van der Waals surface area (Å²) in [5.41, 5.74) is 0.789. The number of ether oxygens (including phenoxy) is 1. The van der Waals surface area contributed by atoms with Crippen molar-refractivity contribution >= 4 is 16.9 Å². The minimum atomic E-state index is -0.915. The maximum Gasteiger partial charge on any atom is 0.410 e. The number of fused-ring (bicyclic) bond motifs is 3. The number of aliphatic hydroxyl groups is 1. The Morgan fingerprint density at radius 1 is 1.07 bits per heavy atom. The molecule has 0 spiro atoms. The Morgan fingerprint density at radius 3 is 2.29 bits per heavy atom. The van der Waals surface area contributed by atoms with Gasteiger partial charge in [0, 0.05) is 24.9 Å². The van der Waals surface area contributed by atoms with E-state index in [1.165, 1.54) is 10.9 Å². The van der Waals surface area contributed by atoms with Crippen LogP contribution in [0.25, 0.3) is 10.8 Å². The Hall–Kier alpha value is -2.07. The van der Waals surface area contributed by atoms with E-state index in [1.54, 1.807) is 0 Å². The maximum atomic E-state index is 12.9. The van der Waals surface area contributed by atoms with Gasteiger partial charge >= 0.3 is 6.09 Å². The summed E-state index contributed by atoms with van der Waals surface area (Å²) in [5.74, 6) is 0. The van der Waals surface area contributed by atoms with Crippen molar-refractivity contribution in [2.45, 2.75) is 83.1 Å². The largest absolute Gasteiger partial charge is 0.444 e. The normalized spacial score (nSPS) is 27.7. The van der Waals surface area contributed by atoms with Gasteiger partial charge in [0.15, 0.2) is 0 Å². The zero-order chi connectivity index (χ0) is 20.1. The first-order chi connectivity index (χ1) is 13.2. The van der Waals surface area contributed by atoms with Crippen LogP contribution < -0.4 is 0 Å². The Bertz CT molecular complexity index is 884. The number of hydrogen-bond acceptors (Lipinski definition) is 3. The summed E-state index contributed by atoms with van der Waals surface area (Å²) in [6.45, 7) is 7.81. The number of benzene rings is 2. The van der Waals surface area contributed by atoms with Crippen molar-refractivity contribution in [3.63, 3.8) is 0 Å². The smallest absolute Gasteiger partial charge is 0.410 e. The van der Waals surface area contributed by atoms with E-state index in [4.69, 9.17) is 4.74 Å². The van der Waals surface area contributed by atoms with Crippen LogP contribution in [0.3, 0.4) is 0 Å². The highest BCUT2D eigenvalue weighted by atomic mass is 16.6. The molecule has 1 amide bonds. The lowest BCUT2D eigenvalue weighted by Crippen LogP contribution is -2.59. The molecule has 2 aromatic carbocycles. The van der Waals surface area contributed by atoms with Crippen molar-refractivity contribution in [2.24, 2.45) is 0 Å². The van der Waals surface area contributed by atoms with Gasteiger partial charge in [-0.1, -0.05) is 36.4 Å². The topological polar surface area (TPSA) is 49.8 Å². The average molecular weight is 382 g/mol. The zero-order valence-corrected chi connectivity index (χ0v) is 17.4. The van der Waals surface area contributed by atoms with Crippen molar-refractivity contribution in [3.05, 3.63) is 47.5 Å². The van der Waals surface area contributed by atoms with Gasteiger partial charge in [-0.25, -0.2) is 4.79 Å². The molecule has 28 heavy (non-hydrogen) atoms. The van der Waals surface area contributed by atoms with Crippen molar-refractivity contribution in [3.8, 4) is 0 Å². The fraction of sp³-hybridized carbons (Fsp3) is 0.542. The second-order valence-electron chi connectivity index (χ2n) is 9.54. The first kappa shape index (κ1) is 19.3. The highest BCUT2D eigenvalue weighted by Gasteiger charge is 2.49. The van der Waals surface area contributed by atoms with Crippen LogP contribution in [0.5, 0.6) is 0 Å². The summed E-state index contributed by atoms with van der Waals surface area (Å²) < 4.78 is 5.68. The molecular formula is C24H31NO3. The lowest BCUT2D eigenvalue weighted by atomic mass is 9.71. The van der Waals surface area contributed by atoms with E-state index in [-0.39, 0.29) is 18.2 Å². The van der Waals surface area contributed by atoms with E-state index in [0.29, 0.717) is 12.8 Å². The molecule has 2 atom stereocenters. The molecule has 4 rings (SSSR count). The third-order valence-corrected chi connectivity index (χ3v) is 6.26. The number of aryl methyl sites for hydroxylation is 1. The Labute approximate surface area is 167 Å². The highest BCUT2D eigenvalue weighted by molar-refractivity contribution is 5.89. The Kier molecular flexibility index (Phi) is 4.65. The van der Waals surface area contributed by atoms with E-state index in [2.05, 4.69) is 31.2 Å². The standard InChI is InChI=1S/C24H31NO3/c1-16-12-13-21(20-11-6-5-10-19(16)20)24(27)14-17-8-7-9-18(15-24)25(17)22(26)28-23(2,3)4/h5-6,10-13,17-18,27H,7-9,14-15H2,1-4H3. The molecule has 2 saturated heterocycles. The van der Waals surface area contributed by atoms with Gasteiger partial charge in [-0.15, -0.1) is 0 Å². The maximum absolute atomic E-state index is 12.9. The van der Waals surface area contributed by atoms with Crippen LogP contribution in [-0.2, 0) is 10.3 Å². The molecule has 2 aromatic rings. The number of carbonyl (C=O) groups excluding carboxylic acids is 1. The van der Waals surface area contributed by atoms with Gasteiger partial charge in [-0.3, -0.25) is 0 Å². The van der Waals surface area contributed by atoms with Gasteiger partial charge < -0.3 is 14.7 Å². The minimum absolute atomic E-state index is 0.0208. The van der Waals surface area contributed by atoms with Crippen molar-refractivity contribution in [1.82, 2.24) is 4.90 Å². The van der Waals surface area contributed by atoms with Gasteiger partial charge in [-0.2, -0.15) is 0 Å². The van der Waals surface area contributed by atoms with Gasteiger partial charge in [-0.05, 0) is 68.9 Å². The van der Waals surface area contributed by atoms with Crippen LogP contribution in [0, 0.1) is 6.92 Å². The van der Waals surface area contributed by atoms with Gasteiger partial charge in [0.1, 0.15) is 5.60 Å². The molecule has 1 N–H and O–H groups in total. The lowest BCUT2D eigenvalue weighted by Gasteiger charge is -2.52. The molecule has 0 aromatic heterocycles. The molecule has 2 aliphatic rings. The third kappa shape index (κ3) is 3.39. The van der Waals surface area contributed by atoms with Gasteiger partial charge in [0.2, 0.25) is 0 Å². The molecule has 2 unspecified atom stereocenters. The molecule has 2 fully saturated rings. The molecule has 2 bridgehead atoms. The van der Waals surface area contributed by atoms with Crippen molar-refractivity contribution in [1.29, 1.82) is 0 Å². The van der Waals surface area contributed by atoms with E-state index in [9.17, 15) is 9.90 Å². The predicted octanol–water partition coefficient (Wildman–Crippen LogP) is 5.29. The summed E-state index contributed by atoms with van der Waals surface area (Å²) in [7, 11) is 0. The Balaban J connectivity index is 1.69. The second kappa shape index (κ2) is 6.77. The minimum Gasteiger partial charge on any atom is -0.444 e. The third-order valence-electron chi connectivity index (χ3n) is 6.26. The van der Waals surface area contributed by atoms with Gasteiger partial charge in [0.05, 0.1) is 5.60 Å². The van der Waals surface area contributed by atoms with E-state index in [0.717, 1.165) is 30.2 Å². The summed E-state index contributed by atoms with van der Waals surface area (Å²) >= 11 is 0. The van der Waals surface area contributed by atoms with Crippen molar-refractivity contribution in [2.75, 3.05) is 0 Å². The van der Waals surface area contributed by atoms with Crippen LogP contribution in [0.1, 0.15) is 64.0 Å². The average Bonchev–Trinajstić information content (AvgIpc) is 2.59. The Morgan fingerprint density at radius 2 is 1.68 bits per heavy atom. The molecule has 4 heteroatoms. The molecule has 0 aliphatic carbocycles. The molecular weight excluding hydrogens is 350 g/mol. The molecule has 2 heterocycles. The first-order valence-electron chi connectivity index (χ1n) is 10.4. The number of amides is 1. The van der Waals surface area contributed by atoms with Crippen LogP contribution in [-0.4, -0.2) is 33.8 Å². The van der Waals surface area contributed by atoms with Gasteiger partial charge in [0.25, 0.3) is 0 Å². The number of nitrogens with zero attached hydrogens (tertiary/aromatic N) is 1. The monoisotopic (exact) mass is 381 g/mol. The lowest BCUT2D eigenvalue weighted by molar-refractivity contribution is -0.0958. The predicted molar refractivity (Wildman–Crippen MR) is 111 cm³/mol. The quantitative estimate of drug-likeness (QED) is 0.730. The molecule has 2 aliphatic heterocycles. The molecule has 0 saturated carbocycles. The number of rotatable bonds is 1. The fourth-order valence-corrected chi connectivity index (χ4v) is 5.12. The number of hydrogen-bond donors (Lipinski definition) is 1. The first-order valence-corrected chi connectivity index (χ1v) is 10.4. The van der Waals surface area contributed by atoms with Crippen molar-refractivity contribution < 1.29 is 14.6 Å². The second-order valence-corrected chi connectivity index (χ2v) is 9.54. The molecule has 4 nitrogen and oxygen atoms in total. The van der Waals surface area contributed by atoms with Crippen LogP contribution in [0.15, 0.2) is 36.4 Å². The summed E-state index contributed by atoms with van der Waals surface area (Å²) in [6, 6.07) is 12.5. The van der Waals surface area contributed by atoms with E-state index < -0.39 is 11.2 Å². The van der Waals surface area contributed by atoms with E-state index >= 15 is 0 Å². The zero-order valence-electron chi connectivity index (χ0n) is 17.4. The number of carbonyl (C=O) groups is 1. The van der Waals surface area contributed by atoms with Crippen LogP contribution >= 0.6 is 0 Å². The van der Waals surface area contributed by atoms with Crippen LogP contribution in [0.2, 0.25) is 0 Å². The summed E-state index contributed by atoms with van der Waals surface area (Å²) in [6.07, 6.45) is 3.83. The van der Waals surface area contributed by atoms with E-state index in [1.807, 2.05) is 37.8 Å². The van der Waals surface area contributed by atoms with Crippen LogP contribution in [0.4, 0.5) is 4.79 Å². The number of piperidine rings is 2. The summed E-state index contributed by atoms with van der Waals surface area (Å²) in [4.78, 5) is 14.8. The molecule has 0 radical (unpaired) electrons. The summed E-state index contributed by atoms with van der Waals surface area (Å²) in [5, 5.41) is 14.1. The molecule has 150 valence electrons. The SMILES string of the molecule is Cc1ccc(C2(O)CC3CCCC(C2)N3C(=O)OC(C)(C)C)c2ccccc12. The fourth-order valence-electron chi connectivity index (χ4n) is 5.12. The highest BCUT2D eigenvalue weighted by Crippen LogP contribution is 2.46.